The van der Waals surface area contributed by atoms with Gasteiger partial charge in [0.1, 0.15) is 5.69 Å². The SMILES string of the molecule is O=C(c1ccn[nH]1)N(CCc1ccccc1)[C@@H]1CCOC1. The van der Waals surface area contributed by atoms with E-state index in [0.717, 1.165) is 19.4 Å². The Bertz CT molecular complexity index is 562. The topological polar surface area (TPSA) is 58.2 Å². The van der Waals surface area contributed by atoms with Crippen LogP contribution in [0.2, 0.25) is 0 Å². The van der Waals surface area contributed by atoms with Gasteiger partial charge in [0, 0.05) is 19.3 Å². The standard InChI is InChI=1S/C16H19N3O2/c20-16(15-6-9-17-18-15)19(14-8-11-21-12-14)10-7-13-4-2-1-3-5-13/h1-6,9,14H,7-8,10-12H2,(H,17,18)/t14-/m1/s1. The van der Waals surface area contributed by atoms with Crippen molar-refractivity contribution in [3.05, 3.63) is 53.9 Å². The largest absolute Gasteiger partial charge is 0.379 e. The Morgan fingerprint density at radius 2 is 2.19 bits per heavy atom. The lowest BCUT2D eigenvalue weighted by atomic mass is 10.1. The molecule has 0 radical (unpaired) electrons. The Morgan fingerprint density at radius 3 is 2.86 bits per heavy atom. The lowest BCUT2D eigenvalue weighted by molar-refractivity contribution is 0.0650. The van der Waals surface area contributed by atoms with E-state index in [1.165, 1.54) is 5.56 Å². The molecule has 0 unspecified atom stereocenters. The zero-order valence-corrected chi connectivity index (χ0v) is 11.9. The van der Waals surface area contributed by atoms with Gasteiger partial charge >= 0.3 is 0 Å². The highest BCUT2D eigenvalue weighted by molar-refractivity contribution is 5.92. The number of hydrogen-bond acceptors (Lipinski definition) is 3. The molecule has 110 valence electrons. The average Bonchev–Trinajstić information content (AvgIpc) is 3.22. The Kier molecular flexibility index (Phi) is 4.31. The number of amides is 1. The summed E-state index contributed by atoms with van der Waals surface area (Å²) in [6.45, 7) is 2.04. The van der Waals surface area contributed by atoms with Crippen molar-refractivity contribution in [2.45, 2.75) is 18.9 Å². The summed E-state index contributed by atoms with van der Waals surface area (Å²) < 4.78 is 5.44. The zero-order chi connectivity index (χ0) is 14.5. The highest BCUT2D eigenvalue weighted by atomic mass is 16.5. The van der Waals surface area contributed by atoms with Gasteiger partial charge in [0.25, 0.3) is 5.91 Å². The van der Waals surface area contributed by atoms with Crippen molar-refractivity contribution < 1.29 is 9.53 Å². The molecule has 1 amide bonds. The van der Waals surface area contributed by atoms with E-state index in [9.17, 15) is 4.79 Å². The smallest absolute Gasteiger partial charge is 0.272 e. The maximum Gasteiger partial charge on any atom is 0.272 e. The van der Waals surface area contributed by atoms with Gasteiger partial charge in [0.05, 0.1) is 12.6 Å². The molecular weight excluding hydrogens is 266 g/mol. The number of benzene rings is 1. The van der Waals surface area contributed by atoms with Crippen molar-refractivity contribution in [1.29, 1.82) is 0 Å². The molecule has 1 aliphatic rings. The first kappa shape index (κ1) is 13.8. The third-order valence-electron chi connectivity index (χ3n) is 3.82. The van der Waals surface area contributed by atoms with Crippen LogP contribution in [0.5, 0.6) is 0 Å². The van der Waals surface area contributed by atoms with Crippen LogP contribution in [0.25, 0.3) is 0 Å². The molecule has 3 rings (SSSR count). The second-order valence-corrected chi connectivity index (χ2v) is 5.22. The van der Waals surface area contributed by atoms with E-state index in [-0.39, 0.29) is 11.9 Å². The highest BCUT2D eigenvalue weighted by Gasteiger charge is 2.28. The number of H-pyrrole nitrogens is 1. The highest BCUT2D eigenvalue weighted by Crippen LogP contribution is 2.16. The lowest BCUT2D eigenvalue weighted by Crippen LogP contribution is -2.42. The van der Waals surface area contributed by atoms with Crippen molar-refractivity contribution in [2.24, 2.45) is 0 Å². The van der Waals surface area contributed by atoms with Crippen LogP contribution in [0.1, 0.15) is 22.5 Å². The molecule has 5 nitrogen and oxygen atoms in total. The molecule has 21 heavy (non-hydrogen) atoms. The number of hydrogen-bond donors (Lipinski definition) is 1. The molecule has 1 N–H and O–H groups in total. The Hall–Kier alpha value is -2.14. The van der Waals surface area contributed by atoms with Crippen LogP contribution in [0.15, 0.2) is 42.6 Å². The molecule has 1 atom stereocenters. The summed E-state index contributed by atoms with van der Waals surface area (Å²) in [4.78, 5) is 14.5. The van der Waals surface area contributed by atoms with Gasteiger partial charge in [-0.3, -0.25) is 9.89 Å². The van der Waals surface area contributed by atoms with Crippen LogP contribution in [0.3, 0.4) is 0 Å². The van der Waals surface area contributed by atoms with Crippen molar-refractivity contribution in [2.75, 3.05) is 19.8 Å². The molecule has 5 heteroatoms. The van der Waals surface area contributed by atoms with Crippen LogP contribution in [0, 0.1) is 0 Å². The van der Waals surface area contributed by atoms with E-state index in [4.69, 9.17) is 4.74 Å². The first-order chi connectivity index (χ1) is 10.3. The number of rotatable bonds is 5. The summed E-state index contributed by atoms with van der Waals surface area (Å²) in [6, 6.07) is 12.1. The average molecular weight is 285 g/mol. The molecular formula is C16H19N3O2. The fraction of sp³-hybridized carbons (Fsp3) is 0.375. The van der Waals surface area contributed by atoms with E-state index in [2.05, 4.69) is 22.3 Å². The molecule has 0 saturated carbocycles. The van der Waals surface area contributed by atoms with Crippen LogP contribution < -0.4 is 0 Å². The van der Waals surface area contributed by atoms with Gasteiger partial charge in [-0.25, -0.2) is 0 Å². The molecule has 2 aromatic rings. The summed E-state index contributed by atoms with van der Waals surface area (Å²) in [5.41, 5.74) is 1.77. The monoisotopic (exact) mass is 285 g/mol. The fourth-order valence-electron chi connectivity index (χ4n) is 2.64. The summed E-state index contributed by atoms with van der Waals surface area (Å²) >= 11 is 0. The molecule has 0 spiro atoms. The van der Waals surface area contributed by atoms with Gasteiger partial charge in [0.2, 0.25) is 0 Å². The number of ether oxygens (including phenoxy) is 1. The maximum absolute atomic E-state index is 12.6. The van der Waals surface area contributed by atoms with E-state index in [1.54, 1.807) is 12.3 Å². The number of nitrogens with zero attached hydrogens (tertiary/aromatic N) is 2. The lowest BCUT2D eigenvalue weighted by Gasteiger charge is -2.27. The predicted octanol–water partition coefficient (Wildman–Crippen LogP) is 1.88. The Morgan fingerprint density at radius 1 is 1.33 bits per heavy atom. The number of aromatic amines is 1. The molecule has 1 aromatic carbocycles. The number of carbonyl (C=O) groups excluding carboxylic acids is 1. The zero-order valence-electron chi connectivity index (χ0n) is 11.9. The van der Waals surface area contributed by atoms with E-state index in [1.807, 2.05) is 23.1 Å². The van der Waals surface area contributed by atoms with Gasteiger partial charge in [-0.1, -0.05) is 30.3 Å². The minimum atomic E-state index is -0.000990. The molecule has 2 heterocycles. The van der Waals surface area contributed by atoms with Crippen molar-refractivity contribution in [3.8, 4) is 0 Å². The maximum atomic E-state index is 12.6. The van der Waals surface area contributed by atoms with Crippen molar-refractivity contribution >= 4 is 5.91 Å². The third-order valence-corrected chi connectivity index (χ3v) is 3.82. The normalized spacial score (nSPS) is 17.8. The minimum Gasteiger partial charge on any atom is -0.379 e. The number of nitrogens with one attached hydrogen (secondary N) is 1. The Balaban J connectivity index is 1.71. The molecule has 1 fully saturated rings. The second-order valence-electron chi connectivity index (χ2n) is 5.22. The van der Waals surface area contributed by atoms with Crippen LogP contribution in [0.4, 0.5) is 0 Å². The molecule has 1 aromatic heterocycles. The van der Waals surface area contributed by atoms with E-state index < -0.39 is 0 Å². The summed E-state index contributed by atoms with van der Waals surface area (Å²) in [6.07, 6.45) is 3.35. The van der Waals surface area contributed by atoms with Crippen LogP contribution in [-0.4, -0.2) is 46.8 Å². The van der Waals surface area contributed by atoms with E-state index in [0.29, 0.717) is 18.8 Å². The van der Waals surface area contributed by atoms with E-state index >= 15 is 0 Å². The predicted molar refractivity (Wildman–Crippen MR) is 79.0 cm³/mol. The van der Waals surface area contributed by atoms with Gasteiger partial charge in [0.15, 0.2) is 0 Å². The molecule has 0 bridgehead atoms. The molecule has 1 saturated heterocycles. The first-order valence-corrected chi connectivity index (χ1v) is 7.26. The summed E-state index contributed by atoms with van der Waals surface area (Å²) in [7, 11) is 0. The van der Waals surface area contributed by atoms with Crippen molar-refractivity contribution in [3.63, 3.8) is 0 Å². The van der Waals surface area contributed by atoms with Gasteiger partial charge in [-0.15, -0.1) is 0 Å². The van der Waals surface area contributed by atoms with Gasteiger partial charge in [-0.2, -0.15) is 5.10 Å². The third kappa shape index (κ3) is 3.31. The van der Waals surface area contributed by atoms with Gasteiger partial charge < -0.3 is 9.64 Å². The first-order valence-electron chi connectivity index (χ1n) is 7.26. The number of aromatic nitrogens is 2. The minimum absolute atomic E-state index is 0.000990. The Labute approximate surface area is 123 Å². The quantitative estimate of drug-likeness (QED) is 0.912. The summed E-state index contributed by atoms with van der Waals surface area (Å²) in [5, 5.41) is 6.62. The van der Waals surface area contributed by atoms with Crippen LogP contribution in [-0.2, 0) is 11.2 Å². The fourth-order valence-corrected chi connectivity index (χ4v) is 2.64. The van der Waals surface area contributed by atoms with Gasteiger partial charge in [-0.05, 0) is 24.5 Å². The molecule has 0 aliphatic carbocycles. The van der Waals surface area contributed by atoms with Crippen LogP contribution >= 0.6 is 0 Å². The second kappa shape index (κ2) is 6.54. The van der Waals surface area contributed by atoms with Crippen molar-refractivity contribution in [1.82, 2.24) is 15.1 Å². The molecule has 1 aliphatic heterocycles. The summed E-state index contributed by atoms with van der Waals surface area (Å²) in [5.74, 6) is -0.000990. The number of carbonyl (C=O) groups is 1.